The Kier molecular flexibility index (Phi) is 0.801. The monoisotopic (exact) mass is 83.0 g/mol. The van der Waals surface area contributed by atoms with Crippen LogP contribution in [-0.2, 0) is 0 Å². The SMILES string of the molecule is OC1=CCN[C]1. The normalized spacial score (nSPS) is 21.0. The third kappa shape index (κ3) is 0.518. The fraction of sp³-hybridized carbons (Fsp3) is 0.250. The maximum atomic E-state index is 8.42. The Balaban J connectivity index is 2.45. The van der Waals surface area contributed by atoms with Gasteiger partial charge in [-0.1, -0.05) is 0 Å². The summed E-state index contributed by atoms with van der Waals surface area (Å²) in [5, 5.41) is 11.1. The highest BCUT2D eigenvalue weighted by Crippen LogP contribution is 1.94. The number of aliphatic hydroxyl groups excluding tert-OH is 1. The van der Waals surface area contributed by atoms with E-state index in [1.54, 1.807) is 6.08 Å². The van der Waals surface area contributed by atoms with Crippen LogP contribution in [0.15, 0.2) is 11.8 Å². The highest BCUT2D eigenvalue weighted by atomic mass is 16.3. The summed E-state index contributed by atoms with van der Waals surface area (Å²) in [5.74, 6) is 0.218. The standard InChI is InChI=1S/C4H5NO/c6-4-1-2-5-3-4/h1,5-6H,2H2. The van der Waals surface area contributed by atoms with Crippen molar-refractivity contribution in [3.63, 3.8) is 0 Å². The van der Waals surface area contributed by atoms with Crippen molar-refractivity contribution >= 4 is 0 Å². The summed E-state index contributed by atoms with van der Waals surface area (Å²) in [5.41, 5.74) is 0. The molecule has 0 unspecified atom stereocenters. The highest BCUT2D eigenvalue weighted by Gasteiger charge is 1.98. The van der Waals surface area contributed by atoms with Crippen molar-refractivity contribution in [2.45, 2.75) is 0 Å². The van der Waals surface area contributed by atoms with E-state index in [9.17, 15) is 0 Å². The van der Waals surface area contributed by atoms with Gasteiger partial charge in [0.15, 0.2) is 0 Å². The molecule has 1 aliphatic rings. The van der Waals surface area contributed by atoms with E-state index in [4.69, 9.17) is 5.11 Å². The van der Waals surface area contributed by atoms with E-state index in [-0.39, 0.29) is 5.76 Å². The van der Waals surface area contributed by atoms with Crippen molar-refractivity contribution in [3.05, 3.63) is 18.4 Å². The lowest BCUT2D eigenvalue weighted by molar-refractivity contribution is 0.422. The fourth-order valence-corrected chi connectivity index (χ4v) is 0.340. The summed E-state index contributed by atoms with van der Waals surface area (Å²) in [6, 6.07) is 0. The molecule has 0 spiro atoms. The minimum Gasteiger partial charge on any atom is -0.510 e. The first-order valence-electron chi connectivity index (χ1n) is 1.77. The van der Waals surface area contributed by atoms with Gasteiger partial charge in [0.2, 0.25) is 0 Å². The predicted octanol–water partition coefficient (Wildman–Crippen LogP) is 0.0703. The molecule has 2 heteroatoms. The number of rotatable bonds is 0. The number of nitrogens with one attached hydrogen (secondary N) is 1. The molecular formula is C4H5NO. The van der Waals surface area contributed by atoms with Crippen LogP contribution in [-0.4, -0.2) is 11.7 Å². The lowest BCUT2D eigenvalue weighted by Crippen LogP contribution is -2.00. The summed E-state index contributed by atoms with van der Waals surface area (Å²) < 4.78 is 0. The second-order valence-corrected chi connectivity index (χ2v) is 1.10. The summed E-state index contributed by atoms with van der Waals surface area (Å²) in [7, 11) is 0. The molecule has 0 atom stereocenters. The largest absolute Gasteiger partial charge is 0.510 e. The Morgan fingerprint density at radius 1 is 2.00 bits per heavy atom. The van der Waals surface area contributed by atoms with Crippen molar-refractivity contribution in [1.82, 2.24) is 5.32 Å². The number of aliphatic hydroxyl groups is 1. The van der Waals surface area contributed by atoms with Crippen molar-refractivity contribution in [2.75, 3.05) is 6.54 Å². The van der Waals surface area contributed by atoms with Gasteiger partial charge in [0, 0.05) is 6.54 Å². The van der Waals surface area contributed by atoms with Crippen LogP contribution in [0.3, 0.4) is 0 Å². The molecule has 0 aliphatic carbocycles. The molecule has 0 fully saturated rings. The molecule has 1 rings (SSSR count). The van der Waals surface area contributed by atoms with Gasteiger partial charge in [0.1, 0.15) is 12.3 Å². The zero-order valence-corrected chi connectivity index (χ0v) is 3.23. The third-order valence-electron chi connectivity index (χ3n) is 0.614. The molecule has 6 heavy (non-hydrogen) atoms. The molecule has 2 nitrogen and oxygen atoms in total. The quantitative estimate of drug-likeness (QED) is 0.434. The van der Waals surface area contributed by atoms with Gasteiger partial charge in [-0.2, -0.15) is 0 Å². The Hall–Kier alpha value is -0.500. The zero-order valence-electron chi connectivity index (χ0n) is 3.23. The predicted molar refractivity (Wildman–Crippen MR) is 22.0 cm³/mol. The van der Waals surface area contributed by atoms with Gasteiger partial charge in [-0.15, -0.1) is 0 Å². The van der Waals surface area contributed by atoms with Gasteiger partial charge >= 0.3 is 0 Å². The summed E-state index contributed by atoms with van der Waals surface area (Å²) in [6.45, 7) is 3.20. The molecule has 0 aromatic carbocycles. The topological polar surface area (TPSA) is 32.3 Å². The van der Waals surface area contributed by atoms with Crippen LogP contribution in [0.2, 0.25) is 0 Å². The van der Waals surface area contributed by atoms with Crippen molar-refractivity contribution < 1.29 is 5.11 Å². The maximum Gasteiger partial charge on any atom is 0.132 e. The van der Waals surface area contributed by atoms with Crippen LogP contribution in [0.25, 0.3) is 0 Å². The van der Waals surface area contributed by atoms with Crippen LogP contribution in [0.1, 0.15) is 0 Å². The molecule has 0 saturated carbocycles. The zero-order chi connectivity index (χ0) is 4.41. The second kappa shape index (κ2) is 1.30. The van der Waals surface area contributed by atoms with Gasteiger partial charge in [-0.05, 0) is 6.08 Å². The van der Waals surface area contributed by atoms with Gasteiger partial charge in [0.25, 0.3) is 0 Å². The van der Waals surface area contributed by atoms with Gasteiger partial charge in [0.05, 0.1) is 0 Å². The van der Waals surface area contributed by atoms with E-state index in [0.29, 0.717) is 6.54 Å². The van der Waals surface area contributed by atoms with Crippen LogP contribution in [0, 0.1) is 6.54 Å². The van der Waals surface area contributed by atoms with Crippen LogP contribution >= 0.6 is 0 Å². The maximum absolute atomic E-state index is 8.42. The lowest BCUT2D eigenvalue weighted by atomic mass is 10.5. The molecule has 0 aromatic rings. The van der Waals surface area contributed by atoms with Crippen LogP contribution < -0.4 is 5.32 Å². The van der Waals surface area contributed by atoms with Crippen molar-refractivity contribution in [2.24, 2.45) is 0 Å². The van der Waals surface area contributed by atoms with E-state index in [0.717, 1.165) is 0 Å². The summed E-state index contributed by atoms with van der Waals surface area (Å²) >= 11 is 0. The molecule has 0 bridgehead atoms. The minimum atomic E-state index is 0.218. The average molecular weight is 83.1 g/mol. The van der Waals surface area contributed by atoms with Crippen LogP contribution in [0.5, 0.6) is 0 Å². The highest BCUT2D eigenvalue weighted by molar-refractivity contribution is 5.09. The van der Waals surface area contributed by atoms with E-state index in [1.807, 2.05) is 0 Å². The molecule has 0 saturated heterocycles. The summed E-state index contributed by atoms with van der Waals surface area (Å²) in [4.78, 5) is 0. The van der Waals surface area contributed by atoms with E-state index in [1.165, 1.54) is 0 Å². The van der Waals surface area contributed by atoms with E-state index >= 15 is 0 Å². The Morgan fingerprint density at radius 3 is 3.00 bits per heavy atom. The minimum absolute atomic E-state index is 0.218. The summed E-state index contributed by atoms with van der Waals surface area (Å²) in [6.07, 6.45) is 1.65. The van der Waals surface area contributed by atoms with E-state index in [2.05, 4.69) is 11.9 Å². The first-order chi connectivity index (χ1) is 2.89. The van der Waals surface area contributed by atoms with E-state index < -0.39 is 0 Å². The second-order valence-electron chi connectivity index (χ2n) is 1.10. The van der Waals surface area contributed by atoms with Crippen LogP contribution in [0.4, 0.5) is 0 Å². The van der Waals surface area contributed by atoms with Crippen molar-refractivity contribution in [1.29, 1.82) is 0 Å². The van der Waals surface area contributed by atoms with Gasteiger partial charge in [-0.3, -0.25) is 5.32 Å². The molecule has 1 aliphatic heterocycles. The molecule has 0 aromatic heterocycles. The number of hydrogen-bond acceptors (Lipinski definition) is 2. The first kappa shape index (κ1) is 3.68. The Labute approximate surface area is 36.5 Å². The lowest BCUT2D eigenvalue weighted by Gasteiger charge is -1.80. The number of hydrogen-bond donors (Lipinski definition) is 2. The van der Waals surface area contributed by atoms with Gasteiger partial charge < -0.3 is 5.11 Å². The molecule has 2 N–H and O–H groups in total. The fourth-order valence-electron chi connectivity index (χ4n) is 0.340. The smallest absolute Gasteiger partial charge is 0.132 e. The van der Waals surface area contributed by atoms with Gasteiger partial charge in [-0.25, -0.2) is 0 Å². The molecule has 1 heterocycles. The first-order valence-corrected chi connectivity index (χ1v) is 1.77. The molecule has 2 radical (unpaired) electrons. The average Bonchev–Trinajstić information content (AvgIpc) is 1.86. The Bertz CT molecular complexity index is 77.6. The molecule has 0 amide bonds. The third-order valence-corrected chi connectivity index (χ3v) is 0.614. The molecule has 32 valence electrons. The van der Waals surface area contributed by atoms with Crippen molar-refractivity contribution in [3.8, 4) is 0 Å². The molecular weight excluding hydrogens is 78.0 g/mol. The Morgan fingerprint density at radius 2 is 2.83 bits per heavy atom.